The molecule has 68 valence electrons. The van der Waals surface area contributed by atoms with E-state index in [0.29, 0.717) is 16.5 Å². The van der Waals surface area contributed by atoms with E-state index in [2.05, 4.69) is 26.1 Å². The summed E-state index contributed by atoms with van der Waals surface area (Å²) in [6.45, 7) is 0.370. The van der Waals surface area contributed by atoms with Gasteiger partial charge in [0, 0.05) is 18.0 Å². The molecule has 0 radical (unpaired) electrons. The molecule has 3 N–H and O–H groups in total. The van der Waals surface area contributed by atoms with Gasteiger partial charge in [0.1, 0.15) is 5.82 Å². The molecule has 0 aliphatic carbocycles. The molecular weight excluding hydrogens is 237 g/mol. The van der Waals surface area contributed by atoms with Gasteiger partial charge in [-0.25, -0.2) is 4.39 Å². The summed E-state index contributed by atoms with van der Waals surface area (Å²) in [6.07, 6.45) is 0. The number of halogens is 2. The Morgan fingerprint density at radius 2 is 2.31 bits per heavy atom. The Labute approximate surface area is 82.2 Å². The van der Waals surface area contributed by atoms with Crippen molar-refractivity contribution in [3.8, 4) is 0 Å². The Morgan fingerprint density at radius 3 is 3.00 bits per heavy atom. The molecule has 0 bridgehead atoms. The largest absolute Gasteiger partial charge is 0.325 e. The van der Waals surface area contributed by atoms with Gasteiger partial charge < -0.3 is 5.73 Å². The minimum absolute atomic E-state index is 0.317. The van der Waals surface area contributed by atoms with E-state index in [9.17, 15) is 4.39 Å². The predicted octanol–water partition coefficient (Wildman–Crippen LogP) is 1.92. The number of aromatic amines is 1. The zero-order chi connectivity index (χ0) is 9.42. The molecule has 3 nitrogen and oxygen atoms in total. The van der Waals surface area contributed by atoms with Crippen molar-refractivity contribution in [2.24, 2.45) is 5.73 Å². The molecule has 0 aliphatic heterocycles. The van der Waals surface area contributed by atoms with Crippen molar-refractivity contribution < 1.29 is 4.39 Å². The molecular formula is C8H7BrFN3. The maximum absolute atomic E-state index is 13.0. The fraction of sp³-hybridized carbons (Fsp3) is 0.125. The lowest BCUT2D eigenvalue weighted by Crippen LogP contribution is -1.96. The van der Waals surface area contributed by atoms with E-state index in [4.69, 9.17) is 5.73 Å². The fourth-order valence-corrected chi connectivity index (χ4v) is 1.56. The monoisotopic (exact) mass is 243 g/mol. The normalized spacial score (nSPS) is 11.0. The van der Waals surface area contributed by atoms with Gasteiger partial charge in [0.15, 0.2) is 0 Å². The van der Waals surface area contributed by atoms with Crippen LogP contribution in [0.5, 0.6) is 0 Å². The summed E-state index contributed by atoms with van der Waals surface area (Å²) >= 11 is 3.11. The molecule has 0 spiro atoms. The van der Waals surface area contributed by atoms with E-state index in [-0.39, 0.29) is 5.82 Å². The highest BCUT2D eigenvalue weighted by molar-refractivity contribution is 9.10. The summed E-state index contributed by atoms with van der Waals surface area (Å²) in [6, 6.07) is 3.05. The maximum Gasteiger partial charge on any atom is 0.139 e. The molecule has 0 fully saturated rings. The Bertz CT molecular complexity index is 452. The van der Waals surface area contributed by atoms with E-state index < -0.39 is 0 Å². The molecule has 2 aromatic rings. The lowest BCUT2D eigenvalue weighted by atomic mass is 10.2. The number of nitrogens with two attached hydrogens (primary N) is 1. The first-order valence-corrected chi connectivity index (χ1v) is 4.53. The van der Waals surface area contributed by atoms with Gasteiger partial charge in [0.05, 0.1) is 15.7 Å². The second-order valence-electron chi connectivity index (χ2n) is 2.69. The van der Waals surface area contributed by atoms with E-state index >= 15 is 0 Å². The lowest BCUT2D eigenvalue weighted by Gasteiger charge is -1.95. The second-order valence-corrected chi connectivity index (χ2v) is 3.54. The van der Waals surface area contributed by atoms with Crippen LogP contribution in [0.15, 0.2) is 16.6 Å². The van der Waals surface area contributed by atoms with Gasteiger partial charge in [-0.3, -0.25) is 5.10 Å². The average molecular weight is 244 g/mol. The van der Waals surface area contributed by atoms with Gasteiger partial charge in [0.25, 0.3) is 0 Å². The second kappa shape index (κ2) is 3.08. The van der Waals surface area contributed by atoms with Gasteiger partial charge >= 0.3 is 0 Å². The minimum atomic E-state index is -0.317. The third-order valence-electron chi connectivity index (χ3n) is 1.88. The minimum Gasteiger partial charge on any atom is -0.325 e. The number of H-pyrrole nitrogens is 1. The average Bonchev–Trinajstić information content (AvgIpc) is 2.48. The van der Waals surface area contributed by atoms with Gasteiger partial charge in [-0.2, -0.15) is 5.10 Å². The number of hydrogen-bond donors (Lipinski definition) is 2. The molecule has 0 saturated carbocycles. The van der Waals surface area contributed by atoms with Crippen LogP contribution in [0.25, 0.3) is 10.9 Å². The molecule has 1 aromatic heterocycles. The highest BCUT2D eigenvalue weighted by Crippen LogP contribution is 2.23. The summed E-state index contributed by atoms with van der Waals surface area (Å²) in [7, 11) is 0. The van der Waals surface area contributed by atoms with Crippen molar-refractivity contribution >= 4 is 26.8 Å². The number of fused-ring (bicyclic) bond motifs is 1. The van der Waals surface area contributed by atoms with Crippen LogP contribution in [0.4, 0.5) is 4.39 Å². The van der Waals surface area contributed by atoms with Crippen LogP contribution in [0.3, 0.4) is 0 Å². The highest BCUT2D eigenvalue weighted by Gasteiger charge is 2.07. The summed E-state index contributed by atoms with van der Waals surface area (Å²) in [4.78, 5) is 0. The summed E-state index contributed by atoms with van der Waals surface area (Å²) < 4.78 is 13.5. The fourth-order valence-electron chi connectivity index (χ4n) is 1.21. The Morgan fingerprint density at radius 1 is 1.54 bits per heavy atom. The number of nitrogens with one attached hydrogen (secondary N) is 1. The summed E-state index contributed by atoms with van der Waals surface area (Å²) in [5.74, 6) is -0.317. The van der Waals surface area contributed by atoms with Crippen LogP contribution in [0, 0.1) is 5.82 Å². The number of benzene rings is 1. The third-order valence-corrected chi connectivity index (χ3v) is 2.49. The Hall–Kier alpha value is -0.940. The lowest BCUT2D eigenvalue weighted by molar-refractivity contribution is 0.623. The Balaban J connectivity index is 2.77. The number of rotatable bonds is 1. The molecule has 0 amide bonds. The van der Waals surface area contributed by atoms with E-state index in [0.717, 1.165) is 11.1 Å². The first kappa shape index (κ1) is 8.65. The smallest absolute Gasteiger partial charge is 0.139 e. The van der Waals surface area contributed by atoms with Gasteiger partial charge in [0.2, 0.25) is 0 Å². The summed E-state index contributed by atoms with van der Waals surface area (Å²) in [5.41, 5.74) is 6.88. The van der Waals surface area contributed by atoms with Crippen LogP contribution >= 0.6 is 15.9 Å². The van der Waals surface area contributed by atoms with Gasteiger partial charge in [-0.05, 0) is 22.0 Å². The van der Waals surface area contributed by atoms with Crippen molar-refractivity contribution in [3.63, 3.8) is 0 Å². The van der Waals surface area contributed by atoms with Gasteiger partial charge in [-0.15, -0.1) is 0 Å². The third kappa shape index (κ3) is 1.34. The molecule has 1 heterocycles. The summed E-state index contributed by atoms with van der Waals surface area (Å²) in [5, 5.41) is 7.54. The molecule has 0 saturated heterocycles. The van der Waals surface area contributed by atoms with Crippen LogP contribution < -0.4 is 5.73 Å². The topological polar surface area (TPSA) is 54.7 Å². The predicted molar refractivity (Wildman–Crippen MR) is 51.6 cm³/mol. The molecule has 13 heavy (non-hydrogen) atoms. The van der Waals surface area contributed by atoms with Crippen molar-refractivity contribution in [2.45, 2.75) is 6.54 Å². The van der Waals surface area contributed by atoms with E-state index in [1.165, 1.54) is 6.07 Å². The van der Waals surface area contributed by atoms with Crippen molar-refractivity contribution in [1.29, 1.82) is 0 Å². The first-order chi connectivity index (χ1) is 6.22. The van der Waals surface area contributed by atoms with Crippen molar-refractivity contribution in [1.82, 2.24) is 10.2 Å². The van der Waals surface area contributed by atoms with Crippen molar-refractivity contribution in [2.75, 3.05) is 0 Å². The molecule has 1 aromatic carbocycles. The number of nitrogens with zero attached hydrogens (tertiary/aromatic N) is 1. The first-order valence-electron chi connectivity index (χ1n) is 3.74. The number of aromatic nitrogens is 2. The maximum atomic E-state index is 13.0. The standard InChI is InChI=1S/C8H7BrFN3/c9-5-1-4-7(2-6(5)10)12-13-8(4)3-11/h1-2H,3,11H2,(H,12,13). The van der Waals surface area contributed by atoms with Crippen LogP contribution in [-0.2, 0) is 6.54 Å². The molecule has 0 unspecified atom stereocenters. The zero-order valence-electron chi connectivity index (χ0n) is 6.64. The quantitative estimate of drug-likeness (QED) is 0.805. The highest BCUT2D eigenvalue weighted by atomic mass is 79.9. The molecule has 5 heteroatoms. The number of hydrogen-bond acceptors (Lipinski definition) is 2. The van der Waals surface area contributed by atoms with E-state index in [1.54, 1.807) is 6.07 Å². The Kier molecular flexibility index (Phi) is 2.05. The molecule has 0 atom stereocenters. The van der Waals surface area contributed by atoms with Crippen LogP contribution in [0.2, 0.25) is 0 Å². The zero-order valence-corrected chi connectivity index (χ0v) is 8.23. The molecule has 2 rings (SSSR count). The SMILES string of the molecule is NCc1[nH]nc2cc(F)c(Br)cc12. The molecule has 0 aliphatic rings. The van der Waals surface area contributed by atoms with Crippen molar-refractivity contribution in [3.05, 3.63) is 28.1 Å². The van der Waals surface area contributed by atoms with E-state index in [1.807, 2.05) is 0 Å². The van der Waals surface area contributed by atoms with Gasteiger partial charge in [-0.1, -0.05) is 0 Å². The van der Waals surface area contributed by atoms with Crippen LogP contribution in [0.1, 0.15) is 5.69 Å². The van der Waals surface area contributed by atoms with Crippen LogP contribution in [-0.4, -0.2) is 10.2 Å².